The predicted octanol–water partition coefficient (Wildman–Crippen LogP) is 2.49. The van der Waals surface area contributed by atoms with Crippen LogP contribution in [0.1, 0.15) is 24.0 Å². The number of aliphatic carboxylic acids is 1. The monoisotopic (exact) mass is 498 g/mol. The van der Waals surface area contributed by atoms with E-state index >= 15 is 0 Å². The zero-order chi connectivity index (χ0) is 24.9. The van der Waals surface area contributed by atoms with Gasteiger partial charge in [0, 0.05) is 24.0 Å². The van der Waals surface area contributed by atoms with Crippen LogP contribution in [0.15, 0.2) is 48.5 Å². The van der Waals surface area contributed by atoms with E-state index in [-0.39, 0.29) is 31.4 Å². The van der Waals surface area contributed by atoms with Crippen LogP contribution >= 0.6 is 11.8 Å². The summed E-state index contributed by atoms with van der Waals surface area (Å²) in [5.41, 5.74) is 4.18. The Balaban J connectivity index is 1.48. The number of ether oxygens (including phenoxy) is 2. The summed E-state index contributed by atoms with van der Waals surface area (Å²) in [7, 11) is 0. The molecule has 184 valence electrons. The molecule has 9 nitrogen and oxygen atoms in total. The van der Waals surface area contributed by atoms with Crippen LogP contribution < -0.4 is 5.32 Å². The molecular weight excluding hydrogens is 472 g/mol. The van der Waals surface area contributed by atoms with Crippen LogP contribution in [0.4, 0.5) is 4.79 Å². The van der Waals surface area contributed by atoms with Crippen molar-refractivity contribution in [3.63, 3.8) is 0 Å². The number of nitrogens with one attached hydrogen (secondary N) is 1. The van der Waals surface area contributed by atoms with Gasteiger partial charge in [-0.1, -0.05) is 48.5 Å². The fourth-order valence-electron chi connectivity index (χ4n) is 4.44. The largest absolute Gasteiger partial charge is 0.480 e. The van der Waals surface area contributed by atoms with Crippen LogP contribution in [0.2, 0.25) is 0 Å². The van der Waals surface area contributed by atoms with Gasteiger partial charge in [0.05, 0.1) is 6.61 Å². The van der Waals surface area contributed by atoms with Crippen molar-refractivity contribution in [1.82, 2.24) is 10.2 Å². The Morgan fingerprint density at radius 1 is 1.06 bits per heavy atom. The van der Waals surface area contributed by atoms with E-state index in [1.54, 1.807) is 6.92 Å². The zero-order valence-electron chi connectivity index (χ0n) is 19.1. The van der Waals surface area contributed by atoms with Gasteiger partial charge >= 0.3 is 18.0 Å². The van der Waals surface area contributed by atoms with Crippen molar-refractivity contribution in [2.75, 3.05) is 31.3 Å². The molecule has 10 heteroatoms. The third kappa shape index (κ3) is 5.12. The van der Waals surface area contributed by atoms with Crippen LogP contribution in [0, 0.1) is 0 Å². The summed E-state index contributed by atoms with van der Waals surface area (Å²) < 4.78 is 10.4. The van der Waals surface area contributed by atoms with E-state index < -0.39 is 36.0 Å². The first-order chi connectivity index (χ1) is 16.9. The van der Waals surface area contributed by atoms with Crippen molar-refractivity contribution in [3.8, 4) is 11.1 Å². The van der Waals surface area contributed by atoms with Crippen LogP contribution in [-0.4, -0.2) is 77.3 Å². The quantitative estimate of drug-likeness (QED) is 0.441. The number of benzene rings is 2. The van der Waals surface area contributed by atoms with Crippen molar-refractivity contribution in [1.29, 1.82) is 0 Å². The van der Waals surface area contributed by atoms with Gasteiger partial charge in [0.15, 0.2) is 0 Å². The van der Waals surface area contributed by atoms with Crippen molar-refractivity contribution in [3.05, 3.63) is 59.7 Å². The minimum absolute atomic E-state index is 0.00169. The molecule has 1 saturated heterocycles. The number of alkyl carbamates (subject to hydrolysis) is 1. The van der Waals surface area contributed by atoms with Gasteiger partial charge in [-0.05, 0) is 29.2 Å². The molecule has 1 heterocycles. The molecule has 0 radical (unpaired) electrons. The number of hydrogen-bond donors (Lipinski definition) is 2. The molecule has 0 saturated carbocycles. The van der Waals surface area contributed by atoms with E-state index in [1.165, 1.54) is 11.8 Å². The van der Waals surface area contributed by atoms with Gasteiger partial charge in [-0.3, -0.25) is 10.1 Å². The average molecular weight is 499 g/mol. The van der Waals surface area contributed by atoms with E-state index in [2.05, 4.69) is 5.32 Å². The maximum absolute atomic E-state index is 13.1. The third-order valence-electron chi connectivity index (χ3n) is 6.07. The van der Waals surface area contributed by atoms with E-state index in [0.29, 0.717) is 5.75 Å². The Labute approximate surface area is 206 Å². The second kappa shape index (κ2) is 10.8. The molecule has 2 unspecified atom stereocenters. The molecule has 2 amide bonds. The highest BCUT2D eigenvalue weighted by Crippen LogP contribution is 2.44. The molecule has 1 aliphatic heterocycles. The van der Waals surface area contributed by atoms with Gasteiger partial charge < -0.3 is 19.5 Å². The number of esters is 1. The molecule has 2 aromatic carbocycles. The van der Waals surface area contributed by atoms with Gasteiger partial charge in [0.2, 0.25) is 6.04 Å². The number of nitrogens with zero attached hydrogens (tertiary/aromatic N) is 1. The average Bonchev–Trinajstić information content (AvgIpc) is 3.19. The molecule has 2 N–H and O–H groups in total. The van der Waals surface area contributed by atoms with Gasteiger partial charge in [0.1, 0.15) is 12.6 Å². The van der Waals surface area contributed by atoms with Gasteiger partial charge in [-0.2, -0.15) is 11.8 Å². The molecule has 2 aliphatic rings. The molecule has 2 atom stereocenters. The van der Waals surface area contributed by atoms with Gasteiger partial charge in [-0.25, -0.2) is 14.4 Å². The zero-order valence-corrected chi connectivity index (χ0v) is 20.0. The number of carbonyl (C=O) groups is 4. The summed E-state index contributed by atoms with van der Waals surface area (Å²) in [5.74, 6) is -2.44. The second-order valence-electron chi connectivity index (χ2n) is 8.12. The molecule has 35 heavy (non-hydrogen) atoms. The number of thioether (sulfide) groups is 1. The number of carboxylic acids is 1. The van der Waals surface area contributed by atoms with Gasteiger partial charge in [-0.15, -0.1) is 0 Å². The van der Waals surface area contributed by atoms with E-state index in [1.807, 2.05) is 48.5 Å². The molecule has 0 aromatic heterocycles. The summed E-state index contributed by atoms with van der Waals surface area (Å²) in [5, 5.41) is 11.8. The minimum Gasteiger partial charge on any atom is -0.480 e. The summed E-state index contributed by atoms with van der Waals surface area (Å²) in [4.78, 5) is 51.1. The first-order valence-electron chi connectivity index (χ1n) is 11.3. The molecule has 4 rings (SSSR count). The van der Waals surface area contributed by atoms with Crippen LogP contribution in [0.25, 0.3) is 11.1 Å². The van der Waals surface area contributed by atoms with Crippen molar-refractivity contribution >= 4 is 35.7 Å². The van der Waals surface area contributed by atoms with E-state index in [9.17, 15) is 24.3 Å². The minimum atomic E-state index is -1.70. The normalized spacial score (nSPS) is 17.6. The lowest BCUT2D eigenvalue weighted by atomic mass is 9.98. The third-order valence-corrected chi connectivity index (χ3v) is 7.09. The van der Waals surface area contributed by atoms with Crippen LogP contribution in [0.3, 0.4) is 0 Å². The SMILES string of the molecule is CCOC(=O)C(NC(=O)OCC1c2ccccc2-c2ccccc21)C(=O)N1CCSCC1C(=O)O. The molecule has 1 fully saturated rings. The van der Waals surface area contributed by atoms with Crippen LogP contribution in [0.5, 0.6) is 0 Å². The smallest absolute Gasteiger partial charge is 0.408 e. The lowest BCUT2D eigenvalue weighted by Gasteiger charge is -2.34. The van der Waals surface area contributed by atoms with E-state index in [4.69, 9.17) is 9.47 Å². The second-order valence-corrected chi connectivity index (χ2v) is 9.27. The number of fused-ring (bicyclic) bond motifs is 3. The number of amides is 2. The first-order valence-corrected chi connectivity index (χ1v) is 12.5. The first kappa shape index (κ1) is 24.6. The molecule has 0 spiro atoms. The Hall–Kier alpha value is -3.53. The highest BCUT2D eigenvalue weighted by Gasteiger charge is 2.40. The highest BCUT2D eigenvalue weighted by molar-refractivity contribution is 7.99. The number of hydrogen-bond acceptors (Lipinski definition) is 7. The van der Waals surface area contributed by atoms with Crippen molar-refractivity contribution in [2.45, 2.75) is 24.9 Å². The summed E-state index contributed by atoms with van der Waals surface area (Å²) in [6.45, 7) is 1.71. The van der Waals surface area contributed by atoms with Gasteiger partial charge in [0.25, 0.3) is 5.91 Å². The molecule has 1 aliphatic carbocycles. The Morgan fingerprint density at radius 2 is 1.69 bits per heavy atom. The predicted molar refractivity (Wildman–Crippen MR) is 129 cm³/mol. The number of rotatable bonds is 7. The fourth-order valence-corrected chi connectivity index (χ4v) is 5.48. The standard InChI is InChI=1S/C25H26N2O7S/c1-2-33-24(31)21(22(28)27-11-12-35-14-20(27)23(29)30)26-25(32)34-13-19-17-9-5-3-7-15(17)16-8-4-6-10-18(16)19/h3-10,19-21H,2,11-14H2,1H3,(H,26,32)(H,29,30). The highest BCUT2D eigenvalue weighted by atomic mass is 32.2. The lowest BCUT2D eigenvalue weighted by molar-refractivity contribution is -0.157. The van der Waals surface area contributed by atoms with E-state index in [0.717, 1.165) is 27.2 Å². The lowest BCUT2D eigenvalue weighted by Crippen LogP contribution is -2.59. The maximum Gasteiger partial charge on any atom is 0.408 e. The summed E-state index contributed by atoms with van der Waals surface area (Å²) in [6, 6.07) is 12.9. The Kier molecular flexibility index (Phi) is 7.60. The fraction of sp³-hybridized carbons (Fsp3) is 0.360. The Bertz CT molecular complexity index is 1090. The van der Waals surface area contributed by atoms with Crippen LogP contribution in [-0.2, 0) is 23.9 Å². The Morgan fingerprint density at radius 3 is 2.29 bits per heavy atom. The summed E-state index contributed by atoms with van der Waals surface area (Å²) in [6.07, 6.45) is -0.962. The van der Waals surface area contributed by atoms with Crippen molar-refractivity contribution in [2.24, 2.45) is 0 Å². The van der Waals surface area contributed by atoms with Crippen molar-refractivity contribution < 1.29 is 33.8 Å². The number of carbonyl (C=O) groups excluding carboxylic acids is 3. The number of carboxylic acid groups (broad SMARTS) is 1. The summed E-state index contributed by atoms with van der Waals surface area (Å²) >= 11 is 1.40. The molecular formula is C25H26N2O7S. The molecule has 0 bridgehead atoms. The maximum atomic E-state index is 13.1. The molecule has 2 aromatic rings. The topological polar surface area (TPSA) is 122 Å².